The Hall–Kier alpha value is -1.43. The van der Waals surface area contributed by atoms with E-state index in [4.69, 9.17) is 0 Å². The molecule has 0 amide bonds. The van der Waals surface area contributed by atoms with Crippen molar-refractivity contribution < 1.29 is 9.90 Å². The molecule has 6 nitrogen and oxygen atoms in total. The highest BCUT2D eigenvalue weighted by atomic mass is 16.4. The number of nitrogens with one attached hydrogen (secondary N) is 1. The predicted molar refractivity (Wildman–Crippen MR) is 77.7 cm³/mol. The highest BCUT2D eigenvalue weighted by Crippen LogP contribution is 2.19. The van der Waals surface area contributed by atoms with Gasteiger partial charge < -0.3 is 10.4 Å². The largest absolute Gasteiger partial charge is 0.480 e. The van der Waals surface area contributed by atoms with Crippen LogP contribution in [0.15, 0.2) is 0 Å². The summed E-state index contributed by atoms with van der Waals surface area (Å²) in [6.45, 7) is 9.16. The first-order valence-electron chi connectivity index (χ1n) is 7.31. The molecule has 0 aromatic carbocycles. The third-order valence-corrected chi connectivity index (χ3v) is 3.66. The van der Waals surface area contributed by atoms with Gasteiger partial charge in [-0.05, 0) is 46.1 Å². The third kappa shape index (κ3) is 4.03. The first kappa shape index (κ1) is 16.6. The summed E-state index contributed by atoms with van der Waals surface area (Å²) in [6.07, 6.45) is 2.87. The molecule has 0 bridgehead atoms. The topological polar surface area (TPSA) is 80.0 Å². The van der Waals surface area contributed by atoms with E-state index in [2.05, 4.69) is 15.4 Å². The van der Waals surface area contributed by atoms with Crippen molar-refractivity contribution in [2.45, 2.75) is 65.5 Å². The Balaban J connectivity index is 2.62. The summed E-state index contributed by atoms with van der Waals surface area (Å²) in [5, 5.41) is 17.0. The molecule has 1 aromatic heterocycles. The fourth-order valence-electron chi connectivity index (χ4n) is 2.39. The van der Waals surface area contributed by atoms with E-state index in [1.54, 1.807) is 0 Å². The summed E-state index contributed by atoms with van der Waals surface area (Å²) in [7, 11) is 0. The van der Waals surface area contributed by atoms with Gasteiger partial charge in [0, 0.05) is 6.54 Å². The molecule has 1 heterocycles. The molecule has 0 saturated heterocycles. The number of rotatable bonds is 9. The number of carbonyl (C=O) groups is 1. The molecule has 6 heteroatoms. The zero-order chi connectivity index (χ0) is 15.2. The van der Waals surface area contributed by atoms with Crippen LogP contribution < -0.4 is 5.32 Å². The predicted octanol–water partition coefficient (Wildman–Crippen LogP) is 1.91. The number of aryl methyl sites for hydroxylation is 3. The van der Waals surface area contributed by atoms with E-state index in [1.807, 2.05) is 32.4 Å². The lowest BCUT2D eigenvalue weighted by Crippen LogP contribution is -2.52. The molecular formula is C14H26N4O2. The molecule has 114 valence electrons. The smallest absolute Gasteiger partial charge is 0.323 e. The number of carboxylic acid groups (broad SMARTS) is 1. The average molecular weight is 282 g/mol. The van der Waals surface area contributed by atoms with Crippen LogP contribution in [-0.2, 0) is 11.3 Å². The highest BCUT2D eigenvalue weighted by Gasteiger charge is 2.35. The number of hydrogen-bond acceptors (Lipinski definition) is 4. The van der Waals surface area contributed by atoms with Crippen molar-refractivity contribution in [3.05, 3.63) is 11.6 Å². The fourth-order valence-corrected chi connectivity index (χ4v) is 2.39. The number of carboxylic acids is 1. The van der Waals surface area contributed by atoms with Crippen molar-refractivity contribution in [3.63, 3.8) is 0 Å². The first-order chi connectivity index (χ1) is 9.45. The first-order valence-corrected chi connectivity index (χ1v) is 7.31. The zero-order valence-electron chi connectivity index (χ0n) is 12.9. The van der Waals surface area contributed by atoms with Crippen LogP contribution in [-0.4, -0.2) is 37.9 Å². The second-order valence-corrected chi connectivity index (χ2v) is 5.20. The summed E-state index contributed by atoms with van der Waals surface area (Å²) in [5.74, 6) is 0.869. The molecule has 1 atom stereocenters. The molecule has 0 spiro atoms. The quantitative estimate of drug-likeness (QED) is 0.723. The van der Waals surface area contributed by atoms with E-state index in [0.717, 1.165) is 31.0 Å². The Morgan fingerprint density at radius 3 is 2.55 bits per heavy atom. The van der Waals surface area contributed by atoms with Crippen molar-refractivity contribution in [3.8, 4) is 0 Å². The van der Waals surface area contributed by atoms with Crippen molar-refractivity contribution in [1.29, 1.82) is 0 Å². The maximum atomic E-state index is 11.6. The second-order valence-electron chi connectivity index (χ2n) is 5.20. The second kappa shape index (κ2) is 7.38. The standard InChI is InChI=1S/C14H26N4O2/c1-5-9-15-14(6-2,13(19)20)8-7-10-18-12(4)16-11(3)17-18/h15H,5-10H2,1-4H3,(H,19,20). The van der Waals surface area contributed by atoms with Gasteiger partial charge in [-0.1, -0.05) is 13.8 Å². The number of aliphatic carboxylic acids is 1. The molecule has 1 rings (SSSR count). The monoisotopic (exact) mass is 282 g/mol. The van der Waals surface area contributed by atoms with E-state index in [1.165, 1.54) is 0 Å². The van der Waals surface area contributed by atoms with Gasteiger partial charge >= 0.3 is 5.97 Å². The lowest BCUT2D eigenvalue weighted by Gasteiger charge is -2.29. The van der Waals surface area contributed by atoms with Crippen LogP contribution in [0.4, 0.5) is 0 Å². The molecule has 0 aliphatic carbocycles. The zero-order valence-corrected chi connectivity index (χ0v) is 12.9. The van der Waals surface area contributed by atoms with Crippen LogP contribution in [0, 0.1) is 13.8 Å². The van der Waals surface area contributed by atoms with Gasteiger partial charge in [-0.3, -0.25) is 9.48 Å². The van der Waals surface area contributed by atoms with Gasteiger partial charge in [0.1, 0.15) is 17.2 Å². The Morgan fingerprint density at radius 1 is 1.40 bits per heavy atom. The van der Waals surface area contributed by atoms with Gasteiger partial charge in [-0.25, -0.2) is 4.98 Å². The van der Waals surface area contributed by atoms with Crippen LogP contribution in [0.5, 0.6) is 0 Å². The van der Waals surface area contributed by atoms with Gasteiger partial charge in [-0.15, -0.1) is 0 Å². The minimum Gasteiger partial charge on any atom is -0.480 e. The van der Waals surface area contributed by atoms with Crippen molar-refractivity contribution in [2.24, 2.45) is 0 Å². The van der Waals surface area contributed by atoms with Crippen LogP contribution in [0.25, 0.3) is 0 Å². The van der Waals surface area contributed by atoms with Gasteiger partial charge in [0.2, 0.25) is 0 Å². The Kier molecular flexibility index (Phi) is 6.13. The lowest BCUT2D eigenvalue weighted by molar-refractivity contribution is -0.145. The van der Waals surface area contributed by atoms with Crippen molar-refractivity contribution >= 4 is 5.97 Å². The van der Waals surface area contributed by atoms with Crippen molar-refractivity contribution in [2.75, 3.05) is 6.54 Å². The molecule has 0 aliphatic heterocycles. The van der Waals surface area contributed by atoms with E-state index >= 15 is 0 Å². The molecule has 0 saturated carbocycles. The van der Waals surface area contributed by atoms with Crippen LogP contribution >= 0.6 is 0 Å². The van der Waals surface area contributed by atoms with Crippen molar-refractivity contribution in [1.82, 2.24) is 20.1 Å². The third-order valence-electron chi connectivity index (χ3n) is 3.66. The molecule has 1 unspecified atom stereocenters. The lowest BCUT2D eigenvalue weighted by atomic mass is 9.90. The summed E-state index contributed by atoms with van der Waals surface area (Å²) < 4.78 is 1.84. The number of nitrogens with zero attached hydrogens (tertiary/aromatic N) is 3. The van der Waals surface area contributed by atoms with Gasteiger partial charge in [0.25, 0.3) is 0 Å². The van der Waals surface area contributed by atoms with E-state index in [9.17, 15) is 9.90 Å². The van der Waals surface area contributed by atoms with Crippen LogP contribution in [0.2, 0.25) is 0 Å². The molecule has 0 aliphatic rings. The number of hydrogen-bond donors (Lipinski definition) is 2. The van der Waals surface area contributed by atoms with Gasteiger partial charge in [0.05, 0.1) is 0 Å². The number of aromatic nitrogens is 3. The van der Waals surface area contributed by atoms with Crippen LogP contribution in [0.1, 0.15) is 51.2 Å². The molecule has 0 fully saturated rings. The Morgan fingerprint density at radius 2 is 2.10 bits per heavy atom. The molecule has 2 N–H and O–H groups in total. The summed E-state index contributed by atoms with van der Waals surface area (Å²) in [4.78, 5) is 15.8. The molecule has 20 heavy (non-hydrogen) atoms. The summed E-state index contributed by atoms with van der Waals surface area (Å²) in [5.41, 5.74) is -0.820. The molecule has 1 aromatic rings. The van der Waals surface area contributed by atoms with Gasteiger partial charge in [0.15, 0.2) is 0 Å². The fraction of sp³-hybridized carbons (Fsp3) is 0.786. The van der Waals surface area contributed by atoms with E-state index < -0.39 is 11.5 Å². The Bertz CT molecular complexity index is 444. The summed E-state index contributed by atoms with van der Waals surface area (Å²) in [6, 6.07) is 0. The van der Waals surface area contributed by atoms with E-state index in [0.29, 0.717) is 19.4 Å². The highest BCUT2D eigenvalue weighted by molar-refractivity contribution is 5.78. The van der Waals surface area contributed by atoms with Gasteiger partial charge in [-0.2, -0.15) is 5.10 Å². The maximum absolute atomic E-state index is 11.6. The normalized spacial score (nSPS) is 14.2. The van der Waals surface area contributed by atoms with Crippen LogP contribution in [0.3, 0.4) is 0 Å². The molecular weight excluding hydrogens is 256 g/mol. The maximum Gasteiger partial charge on any atom is 0.323 e. The minimum absolute atomic E-state index is 0.581. The molecule has 0 radical (unpaired) electrons. The average Bonchev–Trinajstić information content (AvgIpc) is 2.72. The Labute approximate surface area is 120 Å². The summed E-state index contributed by atoms with van der Waals surface area (Å²) >= 11 is 0. The van der Waals surface area contributed by atoms with E-state index in [-0.39, 0.29) is 0 Å². The SMILES string of the molecule is CCCNC(CC)(CCCn1nc(C)nc1C)C(=O)O. The minimum atomic E-state index is -0.820.